The van der Waals surface area contributed by atoms with E-state index in [9.17, 15) is 13.2 Å². The smallest absolute Gasteiger partial charge is 0.340 e. The van der Waals surface area contributed by atoms with Gasteiger partial charge in [-0.25, -0.2) is 17.5 Å². The third kappa shape index (κ3) is 3.03. The van der Waals surface area contributed by atoms with Crippen LogP contribution in [0.25, 0.3) is 0 Å². The van der Waals surface area contributed by atoms with Gasteiger partial charge in [0.05, 0.1) is 23.3 Å². The normalized spacial score (nSPS) is 15.5. The first-order chi connectivity index (χ1) is 9.87. The van der Waals surface area contributed by atoms with Crippen molar-refractivity contribution in [1.82, 2.24) is 4.31 Å². The van der Waals surface area contributed by atoms with Crippen molar-refractivity contribution in [3.63, 3.8) is 0 Å². The van der Waals surface area contributed by atoms with Crippen molar-refractivity contribution >= 4 is 21.7 Å². The summed E-state index contributed by atoms with van der Waals surface area (Å²) >= 11 is 0. The van der Waals surface area contributed by atoms with Gasteiger partial charge in [0.2, 0.25) is 10.0 Å². The SMILES string of the molecule is COC(=O)c1cc(S(=O)(=O)N(C)C)ccc1N1CCCC1. The number of esters is 1. The number of anilines is 1. The van der Waals surface area contributed by atoms with Crippen LogP contribution in [0.5, 0.6) is 0 Å². The molecule has 21 heavy (non-hydrogen) atoms. The minimum Gasteiger partial charge on any atom is -0.465 e. The molecule has 0 unspecified atom stereocenters. The van der Waals surface area contributed by atoms with E-state index in [0.717, 1.165) is 35.9 Å². The fraction of sp³-hybridized carbons (Fsp3) is 0.500. The summed E-state index contributed by atoms with van der Waals surface area (Å²) in [7, 11) is 0.640. The van der Waals surface area contributed by atoms with Gasteiger partial charge in [0.25, 0.3) is 0 Å². The molecule has 1 fully saturated rings. The molecule has 0 N–H and O–H groups in total. The van der Waals surface area contributed by atoms with Gasteiger partial charge in [-0.3, -0.25) is 0 Å². The Labute approximate surface area is 125 Å². The first-order valence-corrected chi connectivity index (χ1v) is 8.22. The number of sulfonamides is 1. The number of hydrogen-bond acceptors (Lipinski definition) is 5. The summed E-state index contributed by atoms with van der Waals surface area (Å²) in [6, 6.07) is 4.62. The molecule has 0 aliphatic carbocycles. The van der Waals surface area contributed by atoms with Gasteiger partial charge < -0.3 is 9.64 Å². The largest absolute Gasteiger partial charge is 0.465 e. The number of nitrogens with zero attached hydrogens (tertiary/aromatic N) is 2. The summed E-state index contributed by atoms with van der Waals surface area (Å²) in [5, 5.41) is 0. The van der Waals surface area contributed by atoms with Crippen LogP contribution >= 0.6 is 0 Å². The van der Waals surface area contributed by atoms with Crippen LogP contribution < -0.4 is 4.90 Å². The summed E-state index contributed by atoms with van der Waals surface area (Å²) in [4.78, 5) is 14.2. The second kappa shape index (κ2) is 6.03. The molecule has 0 saturated carbocycles. The van der Waals surface area contributed by atoms with Gasteiger partial charge in [0.15, 0.2) is 0 Å². The fourth-order valence-corrected chi connectivity index (χ4v) is 3.32. The molecule has 0 atom stereocenters. The molecule has 0 amide bonds. The third-order valence-electron chi connectivity index (χ3n) is 3.60. The predicted octanol–water partition coefficient (Wildman–Crippen LogP) is 1.32. The molecule has 0 bridgehead atoms. The zero-order chi connectivity index (χ0) is 15.6. The Kier molecular flexibility index (Phi) is 4.53. The van der Waals surface area contributed by atoms with Crippen molar-refractivity contribution in [3.05, 3.63) is 23.8 Å². The maximum Gasteiger partial charge on any atom is 0.340 e. The van der Waals surface area contributed by atoms with E-state index < -0.39 is 16.0 Å². The van der Waals surface area contributed by atoms with Crippen LogP contribution in [-0.4, -0.2) is 53.0 Å². The van der Waals surface area contributed by atoms with Crippen LogP contribution in [0.15, 0.2) is 23.1 Å². The van der Waals surface area contributed by atoms with Gasteiger partial charge in [-0.15, -0.1) is 0 Å². The first-order valence-electron chi connectivity index (χ1n) is 6.78. The van der Waals surface area contributed by atoms with E-state index in [1.807, 2.05) is 0 Å². The molecule has 2 rings (SSSR count). The Morgan fingerprint density at radius 2 is 1.86 bits per heavy atom. The zero-order valence-corrected chi connectivity index (χ0v) is 13.3. The molecule has 0 radical (unpaired) electrons. The lowest BCUT2D eigenvalue weighted by molar-refractivity contribution is 0.0601. The molecule has 7 heteroatoms. The van der Waals surface area contributed by atoms with Gasteiger partial charge in [-0.05, 0) is 31.0 Å². The van der Waals surface area contributed by atoms with Crippen LogP contribution in [0.4, 0.5) is 5.69 Å². The van der Waals surface area contributed by atoms with E-state index in [0.29, 0.717) is 5.56 Å². The fourth-order valence-electron chi connectivity index (χ4n) is 2.39. The van der Waals surface area contributed by atoms with Gasteiger partial charge in [0.1, 0.15) is 0 Å². The molecule has 1 aliphatic heterocycles. The summed E-state index contributed by atoms with van der Waals surface area (Å²) in [6.07, 6.45) is 2.14. The molecule has 0 aromatic heterocycles. The molecule has 0 spiro atoms. The quantitative estimate of drug-likeness (QED) is 0.785. The Morgan fingerprint density at radius 1 is 1.24 bits per heavy atom. The van der Waals surface area contributed by atoms with E-state index in [2.05, 4.69) is 4.90 Å². The molecule has 1 saturated heterocycles. The van der Waals surface area contributed by atoms with Crippen LogP contribution in [0.2, 0.25) is 0 Å². The van der Waals surface area contributed by atoms with Crippen LogP contribution in [0.3, 0.4) is 0 Å². The number of ether oxygens (including phenoxy) is 1. The molecular formula is C14H20N2O4S. The molecule has 1 heterocycles. The molecular weight excluding hydrogens is 292 g/mol. The van der Waals surface area contributed by atoms with Crippen molar-refractivity contribution in [2.24, 2.45) is 0 Å². The monoisotopic (exact) mass is 312 g/mol. The van der Waals surface area contributed by atoms with E-state index >= 15 is 0 Å². The highest BCUT2D eigenvalue weighted by atomic mass is 32.2. The topological polar surface area (TPSA) is 66.9 Å². The predicted molar refractivity (Wildman–Crippen MR) is 80.1 cm³/mol. The van der Waals surface area contributed by atoms with E-state index in [1.54, 1.807) is 6.07 Å². The minimum absolute atomic E-state index is 0.0934. The minimum atomic E-state index is -3.57. The number of carbonyl (C=O) groups excluding carboxylic acids is 1. The Morgan fingerprint density at radius 3 is 2.38 bits per heavy atom. The van der Waals surface area contributed by atoms with Gasteiger partial charge in [-0.1, -0.05) is 0 Å². The molecule has 1 aromatic carbocycles. The van der Waals surface area contributed by atoms with Crippen molar-refractivity contribution < 1.29 is 17.9 Å². The number of carbonyl (C=O) groups is 1. The van der Waals surface area contributed by atoms with Crippen LogP contribution in [0, 0.1) is 0 Å². The highest BCUT2D eigenvalue weighted by molar-refractivity contribution is 7.89. The molecule has 1 aliphatic rings. The lowest BCUT2D eigenvalue weighted by atomic mass is 10.1. The standard InChI is InChI=1S/C14H20N2O4S/c1-15(2)21(18,19)11-6-7-13(16-8-4-5-9-16)12(10-11)14(17)20-3/h6-7,10H,4-5,8-9H2,1-3H3. The van der Waals surface area contributed by atoms with Crippen LogP contribution in [0.1, 0.15) is 23.2 Å². The summed E-state index contributed by atoms with van der Waals surface area (Å²) in [5.41, 5.74) is 1.03. The number of methoxy groups -OCH3 is 1. The molecule has 116 valence electrons. The maximum atomic E-state index is 12.2. The summed E-state index contributed by atoms with van der Waals surface area (Å²) < 4.78 is 30.3. The highest BCUT2D eigenvalue weighted by Crippen LogP contribution is 2.28. The average molecular weight is 312 g/mol. The van der Waals surface area contributed by atoms with Crippen molar-refractivity contribution in [2.75, 3.05) is 39.2 Å². The maximum absolute atomic E-state index is 12.2. The molecule has 1 aromatic rings. The molecule has 6 nitrogen and oxygen atoms in total. The van der Waals surface area contributed by atoms with Crippen molar-refractivity contribution in [1.29, 1.82) is 0 Å². The Bertz CT molecular complexity index is 634. The lowest BCUT2D eigenvalue weighted by Gasteiger charge is -2.21. The van der Waals surface area contributed by atoms with E-state index in [1.165, 1.54) is 33.3 Å². The van der Waals surface area contributed by atoms with Gasteiger partial charge >= 0.3 is 5.97 Å². The Hall–Kier alpha value is -1.60. The van der Waals surface area contributed by atoms with E-state index in [-0.39, 0.29) is 4.90 Å². The number of benzene rings is 1. The second-order valence-corrected chi connectivity index (χ2v) is 7.30. The first kappa shape index (κ1) is 15.8. The van der Waals surface area contributed by atoms with Gasteiger partial charge in [-0.2, -0.15) is 0 Å². The Balaban J connectivity index is 2.52. The number of rotatable bonds is 4. The zero-order valence-electron chi connectivity index (χ0n) is 12.5. The van der Waals surface area contributed by atoms with E-state index in [4.69, 9.17) is 4.74 Å². The summed E-state index contributed by atoms with van der Waals surface area (Å²) in [6.45, 7) is 1.73. The van der Waals surface area contributed by atoms with Crippen molar-refractivity contribution in [3.8, 4) is 0 Å². The van der Waals surface area contributed by atoms with Crippen LogP contribution in [-0.2, 0) is 14.8 Å². The lowest BCUT2D eigenvalue weighted by Crippen LogP contribution is -2.24. The van der Waals surface area contributed by atoms with Gasteiger partial charge in [0, 0.05) is 27.2 Å². The highest BCUT2D eigenvalue weighted by Gasteiger charge is 2.24. The average Bonchev–Trinajstić information content (AvgIpc) is 2.99. The third-order valence-corrected chi connectivity index (χ3v) is 5.41. The number of hydrogen-bond donors (Lipinski definition) is 0. The second-order valence-electron chi connectivity index (χ2n) is 5.15. The van der Waals surface area contributed by atoms with Crippen molar-refractivity contribution in [2.45, 2.75) is 17.7 Å². The summed E-state index contributed by atoms with van der Waals surface area (Å²) in [5.74, 6) is -0.521.